The van der Waals surface area contributed by atoms with Crippen LogP contribution in [-0.4, -0.2) is 31.6 Å². The Balaban J connectivity index is 1.63. The normalized spacial score (nSPS) is 12.8. The largest absolute Gasteiger partial charge is 0.486 e. The van der Waals surface area contributed by atoms with Gasteiger partial charge in [0.05, 0.1) is 0 Å². The predicted octanol–water partition coefficient (Wildman–Crippen LogP) is 3.43. The van der Waals surface area contributed by atoms with Crippen LogP contribution in [0.25, 0.3) is 0 Å². The van der Waals surface area contributed by atoms with Gasteiger partial charge in [-0.1, -0.05) is 6.92 Å². The molecule has 0 spiro atoms. The van der Waals surface area contributed by atoms with E-state index in [4.69, 9.17) is 14.2 Å². The molecule has 1 aliphatic rings. The fourth-order valence-electron chi connectivity index (χ4n) is 2.47. The summed E-state index contributed by atoms with van der Waals surface area (Å²) in [5.74, 6) is 0.425. The number of benzene rings is 1. The van der Waals surface area contributed by atoms with Crippen LogP contribution in [0.2, 0.25) is 0 Å². The molecule has 126 valence electrons. The van der Waals surface area contributed by atoms with Crippen LogP contribution in [0, 0.1) is 6.92 Å². The van der Waals surface area contributed by atoms with Crippen LogP contribution >= 0.6 is 11.3 Å². The quantitative estimate of drug-likeness (QED) is 0.613. The molecule has 6 heteroatoms. The van der Waals surface area contributed by atoms with Crippen LogP contribution < -0.4 is 9.47 Å². The van der Waals surface area contributed by atoms with Crippen molar-refractivity contribution < 1.29 is 23.8 Å². The van der Waals surface area contributed by atoms with Crippen LogP contribution in [0.4, 0.5) is 0 Å². The predicted molar refractivity (Wildman–Crippen MR) is 90.5 cm³/mol. The lowest BCUT2D eigenvalue weighted by molar-refractivity contribution is 0.0479. The Labute approximate surface area is 144 Å². The van der Waals surface area contributed by atoms with E-state index in [0.717, 1.165) is 16.9 Å². The SMILES string of the molecule is CCc1sc(C(=O)OCC(=O)c2ccc3c(c2)OCCO3)cc1C. The number of ether oxygens (including phenoxy) is 3. The van der Waals surface area contributed by atoms with Gasteiger partial charge < -0.3 is 14.2 Å². The van der Waals surface area contributed by atoms with Crippen LogP contribution in [-0.2, 0) is 11.2 Å². The average molecular weight is 346 g/mol. The summed E-state index contributed by atoms with van der Waals surface area (Å²) in [7, 11) is 0. The van der Waals surface area contributed by atoms with Crippen molar-refractivity contribution in [3.8, 4) is 11.5 Å². The number of thiophene rings is 1. The molecule has 0 radical (unpaired) electrons. The summed E-state index contributed by atoms with van der Waals surface area (Å²) < 4.78 is 16.0. The summed E-state index contributed by atoms with van der Waals surface area (Å²) in [5, 5.41) is 0. The first kappa shape index (κ1) is 16.5. The Morgan fingerprint density at radius 2 is 1.92 bits per heavy atom. The molecule has 0 unspecified atom stereocenters. The third-order valence-corrected chi connectivity index (χ3v) is 5.10. The van der Waals surface area contributed by atoms with Crippen LogP contribution in [0.1, 0.15) is 37.4 Å². The van der Waals surface area contributed by atoms with Crippen molar-refractivity contribution in [3.05, 3.63) is 45.1 Å². The molecule has 2 heterocycles. The van der Waals surface area contributed by atoms with E-state index in [1.807, 2.05) is 13.8 Å². The van der Waals surface area contributed by atoms with Crippen LogP contribution in [0.15, 0.2) is 24.3 Å². The van der Waals surface area contributed by atoms with E-state index in [1.165, 1.54) is 11.3 Å². The summed E-state index contributed by atoms with van der Waals surface area (Å²) in [6.07, 6.45) is 0.875. The van der Waals surface area contributed by atoms with E-state index in [1.54, 1.807) is 24.3 Å². The topological polar surface area (TPSA) is 61.8 Å². The molecule has 1 aromatic heterocycles. The Kier molecular flexibility index (Phi) is 4.85. The number of fused-ring (bicyclic) bond motifs is 1. The molecule has 0 bridgehead atoms. The number of carbonyl (C=O) groups is 2. The molecule has 0 saturated heterocycles. The molecule has 0 saturated carbocycles. The fourth-order valence-corrected chi connectivity index (χ4v) is 3.48. The Morgan fingerprint density at radius 1 is 1.17 bits per heavy atom. The Bertz CT molecular complexity index is 778. The number of hydrogen-bond donors (Lipinski definition) is 0. The second kappa shape index (κ2) is 7.05. The van der Waals surface area contributed by atoms with Gasteiger partial charge in [-0.05, 0) is 43.2 Å². The van der Waals surface area contributed by atoms with Gasteiger partial charge in [0, 0.05) is 10.4 Å². The minimum absolute atomic E-state index is 0.274. The van der Waals surface area contributed by atoms with Crippen LogP contribution in [0.5, 0.6) is 11.5 Å². The maximum absolute atomic E-state index is 12.2. The highest BCUT2D eigenvalue weighted by atomic mass is 32.1. The van der Waals surface area contributed by atoms with Crippen molar-refractivity contribution in [2.75, 3.05) is 19.8 Å². The van der Waals surface area contributed by atoms with E-state index in [2.05, 4.69) is 0 Å². The van der Waals surface area contributed by atoms with E-state index >= 15 is 0 Å². The van der Waals surface area contributed by atoms with Crippen molar-refractivity contribution in [1.82, 2.24) is 0 Å². The molecule has 2 aromatic rings. The first-order chi connectivity index (χ1) is 11.6. The molecular formula is C18H18O5S. The molecule has 1 aliphatic heterocycles. The van der Waals surface area contributed by atoms with Crippen molar-refractivity contribution >= 4 is 23.1 Å². The zero-order chi connectivity index (χ0) is 17.1. The van der Waals surface area contributed by atoms with E-state index in [-0.39, 0.29) is 12.4 Å². The lowest BCUT2D eigenvalue weighted by atomic mass is 10.1. The van der Waals surface area contributed by atoms with Gasteiger partial charge in [-0.25, -0.2) is 4.79 Å². The van der Waals surface area contributed by atoms with Crippen molar-refractivity contribution in [2.45, 2.75) is 20.3 Å². The maximum Gasteiger partial charge on any atom is 0.348 e. The molecule has 0 aliphatic carbocycles. The fraction of sp³-hybridized carbons (Fsp3) is 0.333. The van der Waals surface area contributed by atoms with Crippen molar-refractivity contribution in [2.24, 2.45) is 0 Å². The minimum atomic E-state index is -0.464. The van der Waals surface area contributed by atoms with Gasteiger partial charge in [-0.2, -0.15) is 0 Å². The van der Waals surface area contributed by atoms with E-state index < -0.39 is 5.97 Å². The highest BCUT2D eigenvalue weighted by molar-refractivity contribution is 7.14. The smallest absolute Gasteiger partial charge is 0.348 e. The van der Waals surface area contributed by atoms with Gasteiger partial charge in [0.15, 0.2) is 23.9 Å². The molecule has 1 aromatic carbocycles. The van der Waals surface area contributed by atoms with E-state index in [0.29, 0.717) is 35.2 Å². The second-order valence-corrected chi connectivity index (χ2v) is 6.56. The minimum Gasteiger partial charge on any atom is -0.486 e. The Morgan fingerprint density at radius 3 is 2.62 bits per heavy atom. The molecule has 24 heavy (non-hydrogen) atoms. The molecule has 3 rings (SSSR count). The lowest BCUT2D eigenvalue weighted by Gasteiger charge is -2.18. The van der Waals surface area contributed by atoms with Gasteiger partial charge in [-0.3, -0.25) is 4.79 Å². The zero-order valence-electron chi connectivity index (χ0n) is 13.6. The molecule has 0 N–H and O–H groups in total. The summed E-state index contributed by atoms with van der Waals surface area (Å²) in [6.45, 7) is 4.66. The molecule has 0 atom stereocenters. The first-order valence-corrected chi connectivity index (χ1v) is 8.59. The lowest BCUT2D eigenvalue weighted by Crippen LogP contribution is -2.17. The molecule has 0 fully saturated rings. The van der Waals surface area contributed by atoms with Gasteiger partial charge in [0.1, 0.15) is 18.1 Å². The molecular weight excluding hydrogens is 328 g/mol. The standard InChI is InChI=1S/C18H18O5S/c1-3-16-11(2)8-17(24-16)18(20)23-10-13(19)12-4-5-14-15(9-12)22-7-6-21-14/h4-5,8-9H,3,6-7,10H2,1-2H3. The number of esters is 1. The molecule has 0 amide bonds. The number of hydrogen-bond acceptors (Lipinski definition) is 6. The Hall–Kier alpha value is -2.34. The second-order valence-electron chi connectivity index (χ2n) is 5.43. The summed E-state index contributed by atoms with van der Waals surface area (Å²) >= 11 is 1.41. The number of aryl methyl sites for hydroxylation is 2. The number of rotatable bonds is 5. The van der Waals surface area contributed by atoms with Crippen molar-refractivity contribution in [3.63, 3.8) is 0 Å². The zero-order valence-corrected chi connectivity index (χ0v) is 14.4. The third kappa shape index (κ3) is 3.43. The van der Waals surface area contributed by atoms with Gasteiger partial charge in [0.2, 0.25) is 0 Å². The number of carbonyl (C=O) groups excluding carboxylic acids is 2. The monoisotopic (exact) mass is 346 g/mol. The first-order valence-electron chi connectivity index (χ1n) is 7.77. The number of Topliss-reactive ketones (excluding diaryl/α,β-unsaturated/α-hetero) is 1. The average Bonchev–Trinajstić information content (AvgIpc) is 2.99. The molecule has 5 nitrogen and oxygen atoms in total. The summed E-state index contributed by atoms with van der Waals surface area (Å²) in [6, 6.07) is 6.77. The highest BCUT2D eigenvalue weighted by Crippen LogP contribution is 2.31. The van der Waals surface area contributed by atoms with Gasteiger partial charge >= 0.3 is 5.97 Å². The highest BCUT2D eigenvalue weighted by Gasteiger charge is 2.18. The maximum atomic E-state index is 12.2. The van der Waals surface area contributed by atoms with Crippen molar-refractivity contribution in [1.29, 1.82) is 0 Å². The summed E-state index contributed by atoms with van der Waals surface area (Å²) in [5.41, 5.74) is 1.51. The van der Waals surface area contributed by atoms with Crippen LogP contribution in [0.3, 0.4) is 0 Å². The van der Waals surface area contributed by atoms with Gasteiger partial charge in [-0.15, -0.1) is 11.3 Å². The number of ketones is 1. The van der Waals surface area contributed by atoms with E-state index in [9.17, 15) is 9.59 Å². The van der Waals surface area contributed by atoms with Gasteiger partial charge in [0.25, 0.3) is 0 Å². The summed E-state index contributed by atoms with van der Waals surface area (Å²) in [4.78, 5) is 26.0. The third-order valence-electron chi connectivity index (χ3n) is 3.74.